The lowest BCUT2D eigenvalue weighted by atomic mass is 10.0. The third-order valence-electron chi connectivity index (χ3n) is 5.08. The molecule has 5 nitrogen and oxygen atoms in total. The molecule has 0 bridgehead atoms. The number of hydrogen-bond donors (Lipinski definition) is 2. The highest BCUT2D eigenvalue weighted by molar-refractivity contribution is 6.07. The maximum atomic E-state index is 12.8. The van der Waals surface area contributed by atoms with Crippen LogP contribution in [0.3, 0.4) is 0 Å². The molecule has 144 valence electrons. The largest absolute Gasteiger partial charge is 0.354 e. The Balaban J connectivity index is 1.70. The van der Waals surface area contributed by atoms with E-state index in [0.29, 0.717) is 27.4 Å². The van der Waals surface area contributed by atoms with Crippen molar-refractivity contribution in [3.05, 3.63) is 92.6 Å². The lowest BCUT2D eigenvalue weighted by molar-refractivity contribution is 0.0956. The van der Waals surface area contributed by atoms with E-state index in [9.17, 15) is 9.59 Å². The molecule has 4 rings (SSSR count). The minimum absolute atomic E-state index is 0.0987. The molecule has 0 radical (unpaired) electrons. The molecule has 2 N–H and O–H groups in total. The van der Waals surface area contributed by atoms with Crippen LogP contribution in [0.15, 0.2) is 64.5 Å². The Labute approximate surface area is 168 Å². The van der Waals surface area contributed by atoms with Crippen LogP contribution in [0.5, 0.6) is 0 Å². The van der Waals surface area contributed by atoms with Gasteiger partial charge in [-0.25, -0.2) is 5.43 Å². The second-order valence-corrected chi connectivity index (χ2v) is 7.24. The van der Waals surface area contributed by atoms with Gasteiger partial charge in [0.25, 0.3) is 5.91 Å². The van der Waals surface area contributed by atoms with Gasteiger partial charge in [-0.15, -0.1) is 0 Å². The molecular weight excluding hydrogens is 362 g/mol. The van der Waals surface area contributed by atoms with Gasteiger partial charge in [0, 0.05) is 21.9 Å². The van der Waals surface area contributed by atoms with Crippen LogP contribution in [0.25, 0.3) is 21.8 Å². The summed E-state index contributed by atoms with van der Waals surface area (Å²) in [5.41, 5.74) is 8.43. The van der Waals surface area contributed by atoms with Crippen LogP contribution >= 0.6 is 0 Å². The average molecular weight is 383 g/mol. The second-order valence-electron chi connectivity index (χ2n) is 7.24. The molecule has 0 aliphatic heterocycles. The van der Waals surface area contributed by atoms with Crippen molar-refractivity contribution in [1.29, 1.82) is 0 Å². The maximum absolute atomic E-state index is 12.8. The van der Waals surface area contributed by atoms with Gasteiger partial charge in [-0.3, -0.25) is 9.59 Å². The Hall–Kier alpha value is -3.73. The predicted molar refractivity (Wildman–Crippen MR) is 118 cm³/mol. The van der Waals surface area contributed by atoms with Gasteiger partial charge in [-0.05, 0) is 56.2 Å². The molecule has 0 aliphatic rings. The summed E-state index contributed by atoms with van der Waals surface area (Å²) in [5.74, 6) is -0.375. The summed E-state index contributed by atoms with van der Waals surface area (Å²) in [4.78, 5) is 28.8. The van der Waals surface area contributed by atoms with Crippen LogP contribution in [0.4, 0.5) is 0 Å². The van der Waals surface area contributed by atoms with Crippen LogP contribution in [0.1, 0.15) is 32.6 Å². The van der Waals surface area contributed by atoms with E-state index in [4.69, 9.17) is 0 Å². The summed E-state index contributed by atoms with van der Waals surface area (Å²) in [6.45, 7) is 6.08. The van der Waals surface area contributed by atoms with Crippen molar-refractivity contribution in [3.8, 4) is 0 Å². The van der Waals surface area contributed by atoms with Crippen molar-refractivity contribution in [2.45, 2.75) is 20.8 Å². The number of hydrogen-bond acceptors (Lipinski definition) is 3. The molecule has 0 aliphatic carbocycles. The molecule has 29 heavy (non-hydrogen) atoms. The smallest absolute Gasteiger partial charge is 0.273 e. The van der Waals surface area contributed by atoms with Crippen molar-refractivity contribution in [2.24, 2.45) is 5.10 Å². The molecule has 1 aromatic heterocycles. The fourth-order valence-electron chi connectivity index (χ4n) is 3.75. The Morgan fingerprint density at radius 3 is 2.41 bits per heavy atom. The molecule has 0 atom stereocenters. The van der Waals surface area contributed by atoms with Crippen molar-refractivity contribution < 1.29 is 4.79 Å². The predicted octanol–water partition coefficient (Wildman–Crippen LogP) is 4.37. The monoisotopic (exact) mass is 383 g/mol. The third-order valence-corrected chi connectivity index (χ3v) is 5.08. The summed E-state index contributed by atoms with van der Waals surface area (Å²) in [7, 11) is 0. The highest BCUT2D eigenvalue weighted by Crippen LogP contribution is 2.18. The number of H-pyrrole nitrogens is 1. The number of rotatable bonds is 3. The Morgan fingerprint density at radius 2 is 1.66 bits per heavy atom. The first kappa shape index (κ1) is 18.6. The minimum Gasteiger partial charge on any atom is -0.354 e. The highest BCUT2D eigenvalue weighted by atomic mass is 16.2. The topological polar surface area (TPSA) is 74.3 Å². The molecule has 0 spiro atoms. The van der Waals surface area contributed by atoms with Crippen LogP contribution in [0, 0.1) is 20.8 Å². The van der Waals surface area contributed by atoms with E-state index in [2.05, 4.69) is 27.6 Å². The van der Waals surface area contributed by atoms with Crippen LogP contribution in [-0.2, 0) is 0 Å². The average Bonchev–Trinajstić information content (AvgIpc) is 2.69. The standard InChI is InChI=1S/C24H21N3O2/c1-14-11-15(2)20(16(3)12-14)13-25-27-24(29)19-9-6-8-18-22(19)26-21-10-5-4-7-17(21)23(18)28/h4-13H,1-3H3,(H,26,28)(H,27,29)/b25-13+. The van der Waals surface area contributed by atoms with Crippen molar-refractivity contribution in [2.75, 3.05) is 0 Å². The minimum atomic E-state index is -0.375. The lowest BCUT2D eigenvalue weighted by Gasteiger charge is -2.08. The number of fused-ring (bicyclic) bond motifs is 2. The van der Waals surface area contributed by atoms with E-state index in [1.54, 1.807) is 30.5 Å². The van der Waals surface area contributed by atoms with Crippen molar-refractivity contribution >= 4 is 33.9 Å². The number of aromatic amines is 1. The van der Waals surface area contributed by atoms with Crippen LogP contribution < -0.4 is 10.9 Å². The number of aromatic nitrogens is 1. The Morgan fingerprint density at radius 1 is 0.966 bits per heavy atom. The summed E-state index contributed by atoms with van der Waals surface area (Å²) in [5, 5.41) is 5.22. The number of amides is 1. The zero-order valence-corrected chi connectivity index (χ0v) is 16.5. The number of para-hydroxylation sites is 2. The zero-order chi connectivity index (χ0) is 20.5. The van der Waals surface area contributed by atoms with E-state index >= 15 is 0 Å². The van der Waals surface area contributed by atoms with E-state index in [1.807, 2.05) is 39.0 Å². The van der Waals surface area contributed by atoms with E-state index in [1.165, 1.54) is 5.56 Å². The number of hydrazone groups is 1. The Bertz CT molecular complexity index is 1330. The summed E-state index contributed by atoms with van der Waals surface area (Å²) < 4.78 is 0. The first-order valence-electron chi connectivity index (χ1n) is 9.40. The Kier molecular flexibility index (Phi) is 4.72. The van der Waals surface area contributed by atoms with Gasteiger partial charge in [0.05, 0.1) is 17.3 Å². The quantitative estimate of drug-likeness (QED) is 0.313. The van der Waals surface area contributed by atoms with Gasteiger partial charge < -0.3 is 4.98 Å². The number of aryl methyl sites for hydroxylation is 3. The van der Waals surface area contributed by atoms with Gasteiger partial charge in [0.1, 0.15) is 0 Å². The maximum Gasteiger partial charge on any atom is 0.273 e. The molecule has 4 aromatic rings. The molecule has 1 heterocycles. The summed E-state index contributed by atoms with van der Waals surface area (Å²) in [6, 6.07) is 16.5. The van der Waals surface area contributed by atoms with Crippen molar-refractivity contribution in [1.82, 2.24) is 10.4 Å². The molecular formula is C24H21N3O2. The van der Waals surface area contributed by atoms with E-state index in [-0.39, 0.29) is 11.3 Å². The van der Waals surface area contributed by atoms with Crippen LogP contribution in [-0.4, -0.2) is 17.1 Å². The molecule has 0 saturated heterocycles. The van der Waals surface area contributed by atoms with Gasteiger partial charge in [0.2, 0.25) is 0 Å². The van der Waals surface area contributed by atoms with Crippen LogP contribution in [0.2, 0.25) is 0 Å². The number of benzene rings is 3. The highest BCUT2D eigenvalue weighted by Gasteiger charge is 2.13. The third kappa shape index (κ3) is 3.43. The normalized spacial score (nSPS) is 11.4. The van der Waals surface area contributed by atoms with Crippen molar-refractivity contribution in [3.63, 3.8) is 0 Å². The number of carbonyl (C=O) groups excluding carboxylic acids is 1. The van der Waals surface area contributed by atoms with Gasteiger partial charge in [-0.1, -0.05) is 35.9 Å². The first-order valence-corrected chi connectivity index (χ1v) is 9.40. The first-order chi connectivity index (χ1) is 14.0. The van der Waals surface area contributed by atoms with E-state index in [0.717, 1.165) is 16.7 Å². The van der Waals surface area contributed by atoms with Gasteiger partial charge in [-0.2, -0.15) is 5.10 Å². The molecule has 5 heteroatoms. The molecule has 0 fully saturated rings. The number of pyridine rings is 1. The zero-order valence-electron chi connectivity index (χ0n) is 16.5. The number of nitrogens with zero attached hydrogens (tertiary/aromatic N) is 1. The molecule has 0 unspecified atom stereocenters. The van der Waals surface area contributed by atoms with Gasteiger partial charge >= 0.3 is 0 Å². The lowest BCUT2D eigenvalue weighted by Crippen LogP contribution is -2.19. The fraction of sp³-hybridized carbons (Fsp3) is 0.125. The molecule has 1 amide bonds. The second kappa shape index (κ2) is 7.36. The number of carbonyl (C=O) groups is 1. The molecule has 0 saturated carbocycles. The molecule has 3 aromatic carbocycles. The summed E-state index contributed by atoms with van der Waals surface area (Å²) in [6.07, 6.45) is 1.66. The van der Waals surface area contributed by atoms with E-state index < -0.39 is 0 Å². The van der Waals surface area contributed by atoms with Gasteiger partial charge in [0.15, 0.2) is 5.43 Å². The number of nitrogens with one attached hydrogen (secondary N) is 2. The fourth-order valence-corrected chi connectivity index (χ4v) is 3.75. The SMILES string of the molecule is Cc1cc(C)c(/C=N/NC(=O)c2cccc3c(=O)c4ccccc4[nH]c23)c(C)c1. The summed E-state index contributed by atoms with van der Waals surface area (Å²) >= 11 is 0.